The molecule has 0 unspecified atom stereocenters. The maximum Gasteiger partial charge on any atom is 0.277 e. The van der Waals surface area contributed by atoms with Gasteiger partial charge in [0, 0.05) is 13.1 Å². The van der Waals surface area contributed by atoms with E-state index in [0.29, 0.717) is 35.9 Å². The molecule has 2 N–H and O–H groups in total. The average molecular weight is 300 g/mol. The maximum absolute atomic E-state index is 11.9. The van der Waals surface area contributed by atoms with E-state index in [1.165, 1.54) is 11.8 Å². The van der Waals surface area contributed by atoms with Crippen LogP contribution in [0.5, 0.6) is 0 Å². The molecular weight excluding hydrogens is 276 g/mol. The van der Waals surface area contributed by atoms with Crippen molar-refractivity contribution >= 4 is 17.7 Å². The fourth-order valence-corrected chi connectivity index (χ4v) is 2.50. The van der Waals surface area contributed by atoms with Gasteiger partial charge in [0.15, 0.2) is 0 Å². The highest BCUT2D eigenvalue weighted by molar-refractivity contribution is 7.99. The standard InChI is InChI=1S/C13H24N4O2S/c1-5-17(6-2)11(18)8-20-13-16-15-12(19-13)10(14)7-9(3)4/h9-10H,5-8,14H2,1-4H3/t10-/m0/s1. The molecule has 7 heteroatoms. The fourth-order valence-electron chi connectivity index (χ4n) is 1.83. The Morgan fingerprint density at radius 1 is 1.35 bits per heavy atom. The Bertz CT molecular complexity index is 418. The highest BCUT2D eigenvalue weighted by atomic mass is 32.2. The van der Waals surface area contributed by atoms with Crippen molar-refractivity contribution in [3.05, 3.63) is 5.89 Å². The molecule has 6 nitrogen and oxygen atoms in total. The van der Waals surface area contributed by atoms with Gasteiger partial charge in [-0.2, -0.15) is 0 Å². The smallest absolute Gasteiger partial charge is 0.277 e. The summed E-state index contributed by atoms with van der Waals surface area (Å²) in [5, 5.41) is 8.27. The third kappa shape index (κ3) is 5.13. The molecule has 1 heterocycles. The van der Waals surface area contributed by atoms with Crippen molar-refractivity contribution in [2.24, 2.45) is 11.7 Å². The van der Waals surface area contributed by atoms with Crippen LogP contribution in [0.3, 0.4) is 0 Å². The minimum atomic E-state index is -0.240. The SMILES string of the molecule is CCN(CC)C(=O)CSc1nnc([C@@H](N)CC(C)C)o1. The Kier molecular flexibility index (Phi) is 7.01. The Labute approximate surface area is 124 Å². The zero-order valence-electron chi connectivity index (χ0n) is 12.6. The average Bonchev–Trinajstić information content (AvgIpc) is 2.86. The molecule has 20 heavy (non-hydrogen) atoms. The van der Waals surface area contributed by atoms with E-state index in [1.54, 1.807) is 4.90 Å². The number of aromatic nitrogens is 2. The van der Waals surface area contributed by atoms with Crippen molar-refractivity contribution in [3.63, 3.8) is 0 Å². The molecule has 0 aliphatic rings. The molecule has 1 rings (SSSR count). The van der Waals surface area contributed by atoms with E-state index < -0.39 is 0 Å². The van der Waals surface area contributed by atoms with Gasteiger partial charge in [-0.1, -0.05) is 25.6 Å². The Morgan fingerprint density at radius 3 is 2.55 bits per heavy atom. The number of nitrogens with two attached hydrogens (primary N) is 1. The lowest BCUT2D eigenvalue weighted by Gasteiger charge is -2.17. The number of thioether (sulfide) groups is 1. The minimum absolute atomic E-state index is 0.0752. The highest BCUT2D eigenvalue weighted by Gasteiger charge is 2.17. The van der Waals surface area contributed by atoms with Gasteiger partial charge in [0.05, 0.1) is 11.8 Å². The van der Waals surface area contributed by atoms with E-state index >= 15 is 0 Å². The number of hydrogen-bond donors (Lipinski definition) is 1. The summed E-state index contributed by atoms with van der Waals surface area (Å²) in [6.07, 6.45) is 0.796. The summed E-state index contributed by atoms with van der Waals surface area (Å²) >= 11 is 1.26. The first-order valence-electron chi connectivity index (χ1n) is 6.97. The van der Waals surface area contributed by atoms with E-state index in [1.807, 2.05) is 13.8 Å². The summed E-state index contributed by atoms with van der Waals surface area (Å²) in [6, 6.07) is -0.240. The van der Waals surface area contributed by atoms with Crippen molar-refractivity contribution in [1.29, 1.82) is 0 Å². The molecule has 0 fully saturated rings. The van der Waals surface area contributed by atoms with E-state index in [4.69, 9.17) is 10.2 Å². The monoisotopic (exact) mass is 300 g/mol. The third-order valence-electron chi connectivity index (χ3n) is 2.90. The molecular formula is C13H24N4O2S. The Hall–Kier alpha value is -1.08. The van der Waals surface area contributed by atoms with Crippen LogP contribution < -0.4 is 5.73 Å². The number of nitrogens with zero attached hydrogens (tertiary/aromatic N) is 3. The molecule has 0 saturated carbocycles. The number of hydrogen-bond acceptors (Lipinski definition) is 6. The van der Waals surface area contributed by atoms with E-state index in [0.717, 1.165) is 6.42 Å². The summed E-state index contributed by atoms with van der Waals surface area (Å²) in [4.78, 5) is 13.6. The minimum Gasteiger partial charge on any atom is -0.414 e. The summed E-state index contributed by atoms with van der Waals surface area (Å²) < 4.78 is 5.49. The molecule has 1 aromatic heterocycles. The first-order valence-corrected chi connectivity index (χ1v) is 7.96. The summed E-state index contributed by atoms with van der Waals surface area (Å²) in [6.45, 7) is 9.53. The maximum atomic E-state index is 11.9. The van der Waals surface area contributed by atoms with Crippen molar-refractivity contribution in [1.82, 2.24) is 15.1 Å². The van der Waals surface area contributed by atoms with Crippen molar-refractivity contribution in [3.8, 4) is 0 Å². The normalized spacial score (nSPS) is 12.7. The highest BCUT2D eigenvalue weighted by Crippen LogP contribution is 2.22. The lowest BCUT2D eigenvalue weighted by atomic mass is 10.1. The van der Waals surface area contributed by atoms with Gasteiger partial charge in [0.1, 0.15) is 0 Å². The molecule has 0 aliphatic heterocycles. The summed E-state index contributed by atoms with van der Waals surface area (Å²) in [7, 11) is 0. The van der Waals surface area contributed by atoms with Crippen LogP contribution in [0.25, 0.3) is 0 Å². The van der Waals surface area contributed by atoms with Crippen LogP contribution in [0.1, 0.15) is 46.0 Å². The lowest BCUT2D eigenvalue weighted by Crippen LogP contribution is -2.31. The van der Waals surface area contributed by atoms with Gasteiger partial charge in [0.25, 0.3) is 5.22 Å². The van der Waals surface area contributed by atoms with Crippen LogP contribution in [0.2, 0.25) is 0 Å². The van der Waals surface area contributed by atoms with Crippen LogP contribution in [0, 0.1) is 5.92 Å². The van der Waals surface area contributed by atoms with Crippen LogP contribution in [0.15, 0.2) is 9.64 Å². The number of amides is 1. The first kappa shape index (κ1) is 17.0. The number of rotatable bonds is 8. The van der Waals surface area contributed by atoms with Crippen LogP contribution >= 0.6 is 11.8 Å². The van der Waals surface area contributed by atoms with Gasteiger partial charge in [-0.25, -0.2) is 0 Å². The molecule has 1 amide bonds. The number of carbonyl (C=O) groups is 1. The van der Waals surface area contributed by atoms with Gasteiger partial charge < -0.3 is 15.1 Å². The molecule has 0 spiro atoms. The van der Waals surface area contributed by atoms with Crippen molar-refractivity contribution in [2.75, 3.05) is 18.8 Å². The predicted molar refractivity (Wildman–Crippen MR) is 79.3 cm³/mol. The first-order chi connectivity index (χ1) is 9.47. The van der Waals surface area contributed by atoms with Gasteiger partial charge in [-0.3, -0.25) is 4.79 Å². The third-order valence-corrected chi connectivity index (χ3v) is 3.70. The molecule has 0 aromatic carbocycles. The zero-order chi connectivity index (χ0) is 15.1. The largest absolute Gasteiger partial charge is 0.414 e. The van der Waals surface area contributed by atoms with Crippen LogP contribution in [-0.2, 0) is 4.79 Å². The predicted octanol–water partition coefficient (Wildman–Crippen LogP) is 2.08. The van der Waals surface area contributed by atoms with Crippen LogP contribution in [0.4, 0.5) is 0 Å². The van der Waals surface area contributed by atoms with E-state index in [-0.39, 0.29) is 11.9 Å². The molecule has 0 radical (unpaired) electrons. The topological polar surface area (TPSA) is 85.2 Å². The van der Waals surface area contributed by atoms with Gasteiger partial charge in [0.2, 0.25) is 11.8 Å². The second kappa shape index (κ2) is 8.26. The second-order valence-electron chi connectivity index (χ2n) is 5.00. The Balaban J connectivity index is 2.50. The zero-order valence-corrected chi connectivity index (χ0v) is 13.4. The molecule has 1 aromatic rings. The van der Waals surface area contributed by atoms with Gasteiger partial charge in [-0.05, 0) is 26.2 Å². The summed E-state index contributed by atoms with van der Waals surface area (Å²) in [5.74, 6) is 1.29. The quantitative estimate of drug-likeness (QED) is 0.740. The van der Waals surface area contributed by atoms with Gasteiger partial charge >= 0.3 is 0 Å². The second-order valence-corrected chi connectivity index (χ2v) is 5.92. The number of carbonyl (C=O) groups excluding carboxylic acids is 1. The molecule has 114 valence electrons. The molecule has 1 atom stereocenters. The Morgan fingerprint density at radius 2 is 2.00 bits per heavy atom. The lowest BCUT2D eigenvalue weighted by molar-refractivity contribution is -0.127. The summed E-state index contributed by atoms with van der Waals surface area (Å²) in [5.41, 5.74) is 5.98. The van der Waals surface area contributed by atoms with Gasteiger partial charge in [-0.15, -0.1) is 10.2 Å². The fraction of sp³-hybridized carbons (Fsp3) is 0.769. The van der Waals surface area contributed by atoms with Crippen LogP contribution in [-0.4, -0.2) is 39.8 Å². The molecule has 0 aliphatic carbocycles. The van der Waals surface area contributed by atoms with E-state index in [9.17, 15) is 4.79 Å². The van der Waals surface area contributed by atoms with Crippen molar-refractivity contribution in [2.45, 2.75) is 45.4 Å². The molecule has 0 saturated heterocycles. The van der Waals surface area contributed by atoms with E-state index in [2.05, 4.69) is 24.0 Å². The van der Waals surface area contributed by atoms with Crippen molar-refractivity contribution < 1.29 is 9.21 Å². The molecule has 0 bridgehead atoms.